The highest BCUT2D eigenvalue weighted by Crippen LogP contribution is 2.25. The summed E-state index contributed by atoms with van der Waals surface area (Å²) in [5.74, 6) is 1.25. The molecule has 0 aliphatic carbocycles. The second kappa shape index (κ2) is 7.55. The highest BCUT2D eigenvalue weighted by molar-refractivity contribution is 5.99. The Hall–Kier alpha value is -3.09. The Morgan fingerprint density at radius 1 is 1.26 bits per heavy atom. The molecule has 1 amide bonds. The number of rotatable bonds is 2. The Bertz CT molecular complexity index is 1220. The van der Waals surface area contributed by atoms with Crippen LogP contribution >= 0.6 is 0 Å². The standard InChI is InChI=1S/C24H29N5O2/c1-15-5-4-9-29(12-15)24-25-20-8-10-28(14-19(20)22(30)26-24)23(31)17-6-7-21-18(11-17)16(2)13-27(21)3/h6-7,11,13,15H,4-5,8-10,12,14H2,1-3H3,(H,25,26,30)/t15-/m1/s1. The van der Waals surface area contributed by atoms with Crippen LogP contribution in [0.5, 0.6) is 0 Å². The summed E-state index contributed by atoms with van der Waals surface area (Å²) in [5.41, 5.74) is 4.24. The number of anilines is 1. The summed E-state index contributed by atoms with van der Waals surface area (Å²) in [7, 11) is 2.01. The molecule has 2 aromatic heterocycles. The van der Waals surface area contributed by atoms with Crippen LogP contribution in [0.15, 0.2) is 29.2 Å². The molecule has 4 heterocycles. The molecule has 1 atom stereocenters. The first kappa shape index (κ1) is 19.8. The Morgan fingerprint density at radius 2 is 2.10 bits per heavy atom. The molecule has 0 saturated carbocycles. The van der Waals surface area contributed by atoms with E-state index in [9.17, 15) is 9.59 Å². The summed E-state index contributed by atoms with van der Waals surface area (Å²) in [6.45, 7) is 7.02. The maximum atomic E-state index is 13.2. The molecule has 0 radical (unpaired) electrons. The van der Waals surface area contributed by atoms with Crippen LogP contribution in [0.2, 0.25) is 0 Å². The molecule has 7 heteroatoms. The zero-order chi connectivity index (χ0) is 21.7. The predicted molar refractivity (Wildman–Crippen MR) is 122 cm³/mol. The average Bonchev–Trinajstić information content (AvgIpc) is 3.06. The smallest absolute Gasteiger partial charge is 0.257 e. The van der Waals surface area contributed by atoms with Crippen molar-refractivity contribution in [2.45, 2.75) is 39.7 Å². The summed E-state index contributed by atoms with van der Waals surface area (Å²) in [6.07, 6.45) is 5.02. The average molecular weight is 420 g/mol. The van der Waals surface area contributed by atoms with Crippen molar-refractivity contribution < 1.29 is 4.79 Å². The van der Waals surface area contributed by atoms with Crippen molar-refractivity contribution in [3.63, 3.8) is 0 Å². The van der Waals surface area contributed by atoms with E-state index < -0.39 is 0 Å². The van der Waals surface area contributed by atoms with Gasteiger partial charge in [-0.05, 0) is 49.4 Å². The van der Waals surface area contributed by atoms with E-state index in [1.54, 1.807) is 4.90 Å². The van der Waals surface area contributed by atoms with Crippen LogP contribution < -0.4 is 10.5 Å². The molecule has 1 fully saturated rings. The first-order valence-electron chi connectivity index (χ1n) is 11.1. The topological polar surface area (TPSA) is 74.2 Å². The summed E-state index contributed by atoms with van der Waals surface area (Å²) in [5, 5.41) is 1.09. The minimum Gasteiger partial charge on any atom is -0.350 e. The van der Waals surface area contributed by atoms with E-state index in [0.29, 0.717) is 42.5 Å². The lowest BCUT2D eigenvalue weighted by Gasteiger charge is -2.33. The van der Waals surface area contributed by atoms with Gasteiger partial charge in [0.2, 0.25) is 5.95 Å². The van der Waals surface area contributed by atoms with E-state index in [0.717, 1.165) is 41.7 Å². The second-order valence-electron chi connectivity index (χ2n) is 9.14. The highest BCUT2D eigenvalue weighted by atomic mass is 16.2. The maximum Gasteiger partial charge on any atom is 0.257 e. The number of nitrogens with one attached hydrogen (secondary N) is 1. The predicted octanol–water partition coefficient (Wildman–Crippen LogP) is 3.00. The lowest BCUT2D eigenvalue weighted by Crippen LogP contribution is -2.41. The van der Waals surface area contributed by atoms with Crippen molar-refractivity contribution in [1.82, 2.24) is 19.4 Å². The van der Waals surface area contributed by atoms with Gasteiger partial charge < -0.3 is 14.4 Å². The van der Waals surface area contributed by atoms with Crippen molar-refractivity contribution in [1.29, 1.82) is 0 Å². The van der Waals surface area contributed by atoms with Crippen molar-refractivity contribution in [3.8, 4) is 0 Å². The third-order valence-electron chi connectivity index (χ3n) is 6.74. The number of carbonyl (C=O) groups excluding carboxylic acids is 1. The van der Waals surface area contributed by atoms with Gasteiger partial charge in [0.15, 0.2) is 0 Å². The number of aromatic amines is 1. The Labute approximate surface area is 181 Å². The molecule has 162 valence electrons. The lowest BCUT2D eigenvalue weighted by atomic mass is 10.0. The van der Waals surface area contributed by atoms with Gasteiger partial charge in [-0.3, -0.25) is 14.6 Å². The van der Waals surface area contributed by atoms with E-state index >= 15 is 0 Å². The van der Waals surface area contributed by atoms with Crippen LogP contribution in [0, 0.1) is 12.8 Å². The van der Waals surface area contributed by atoms with Crippen LogP contribution in [0.4, 0.5) is 5.95 Å². The van der Waals surface area contributed by atoms with Gasteiger partial charge in [-0.2, -0.15) is 0 Å². The van der Waals surface area contributed by atoms with Crippen LogP contribution in [0.3, 0.4) is 0 Å². The van der Waals surface area contributed by atoms with Gasteiger partial charge in [0.25, 0.3) is 11.5 Å². The first-order chi connectivity index (χ1) is 14.9. The fourth-order valence-corrected chi connectivity index (χ4v) is 5.02. The molecule has 0 spiro atoms. The molecule has 0 bridgehead atoms. The molecule has 7 nitrogen and oxygen atoms in total. The van der Waals surface area contributed by atoms with Gasteiger partial charge >= 0.3 is 0 Å². The summed E-state index contributed by atoms with van der Waals surface area (Å²) < 4.78 is 2.07. The van der Waals surface area contributed by atoms with Crippen molar-refractivity contribution in [2.75, 3.05) is 24.5 Å². The van der Waals surface area contributed by atoms with E-state index in [2.05, 4.69) is 34.5 Å². The van der Waals surface area contributed by atoms with Gasteiger partial charge in [-0.1, -0.05) is 6.92 Å². The zero-order valence-corrected chi connectivity index (χ0v) is 18.4. The molecule has 1 N–H and O–H groups in total. The van der Waals surface area contributed by atoms with Gasteiger partial charge in [0.1, 0.15) is 0 Å². The second-order valence-corrected chi connectivity index (χ2v) is 9.14. The zero-order valence-electron chi connectivity index (χ0n) is 18.4. The SMILES string of the molecule is Cc1cn(C)c2ccc(C(=O)N3CCc4nc(N5CCC[C@@H](C)C5)[nH]c(=O)c4C3)cc12. The van der Waals surface area contributed by atoms with E-state index in [1.165, 1.54) is 6.42 Å². The fourth-order valence-electron chi connectivity index (χ4n) is 5.02. The summed E-state index contributed by atoms with van der Waals surface area (Å²) >= 11 is 0. The number of aromatic nitrogens is 3. The highest BCUT2D eigenvalue weighted by Gasteiger charge is 2.27. The molecule has 0 unspecified atom stereocenters. The number of nitrogens with zero attached hydrogens (tertiary/aromatic N) is 4. The van der Waals surface area contributed by atoms with Gasteiger partial charge in [0, 0.05) is 55.8 Å². The van der Waals surface area contributed by atoms with E-state index in [-0.39, 0.29) is 11.5 Å². The molecule has 2 aliphatic heterocycles. The monoisotopic (exact) mass is 419 g/mol. The lowest BCUT2D eigenvalue weighted by molar-refractivity contribution is 0.0733. The van der Waals surface area contributed by atoms with Crippen LogP contribution in [-0.4, -0.2) is 45.0 Å². The van der Waals surface area contributed by atoms with Crippen LogP contribution in [-0.2, 0) is 20.0 Å². The van der Waals surface area contributed by atoms with Crippen molar-refractivity contribution in [2.24, 2.45) is 13.0 Å². The van der Waals surface area contributed by atoms with Gasteiger partial charge in [-0.15, -0.1) is 0 Å². The largest absolute Gasteiger partial charge is 0.350 e. The minimum absolute atomic E-state index is 0.0378. The Morgan fingerprint density at radius 3 is 2.90 bits per heavy atom. The maximum absolute atomic E-state index is 13.2. The quantitative estimate of drug-likeness (QED) is 0.693. The van der Waals surface area contributed by atoms with Crippen molar-refractivity contribution >= 4 is 22.8 Å². The third kappa shape index (κ3) is 3.52. The number of H-pyrrole nitrogens is 1. The molecule has 1 aromatic carbocycles. The van der Waals surface area contributed by atoms with Crippen molar-refractivity contribution in [3.05, 3.63) is 57.1 Å². The molecule has 3 aromatic rings. The van der Waals surface area contributed by atoms with Crippen LogP contribution in [0.1, 0.15) is 46.9 Å². The van der Waals surface area contributed by atoms with E-state index in [1.807, 2.05) is 25.2 Å². The number of aryl methyl sites for hydroxylation is 2. The number of carbonyl (C=O) groups is 1. The molecule has 31 heavy (non-hydrogen) atoms. The summed E-state index contributed by atoms with van der Waals surface area (Å²) in [6, 6.07) is 5.84. The Balaban J connectivity index is 1.40. The molecule has 1 saturated heterocycles. The first-order valence-corrected chi connectivity index (χ1v) is 11.1. The van der Waals surface area contributed by atoms with Gasteiger partial charge in [0.05, 0.1) is 17.8 Å². The number of fused-ring (bicyclic) bond motifs is 2. The fraction of sp³-hybridized carbons (Fsp3) is 0.458. The van der Waals surface area contributed by atoms with E-state index in [4.69, 9.17) is 4.98 Å². The number of benzene rings is 1. The number of hydrogen-bond donors (Lipinski definition) is 1. The molecule has 2 aliphatic rings. The molecule has 5 rings (SSSR count). The van der Waals surface area contributed by atoms with Crippen LogP contribution in [0.25, 0.3) is 10.9 Å². The minimum atomic E-state index is -0.120. The molecular weight excluding hydrogens is 390 g/mol. The number of piperidine rings is 1. The number of hydrogen-bond acceptors (Lipinski definition) is 4. The third-order valence-corrected chi connectivity index (χ3v) is 6.74. The molecular formula is C24H29N5O2. The normalized spacial score (nSPS) is 19.0. The van der Waals surface area contributed by atoms with Gasteiger partial charge in [-0.25, -0.2) is 4.98 Å². The number of amides is 1. The Kier molecular flexibility index (Phi) is 4.84. The summed E-state index contributed by atoms with van der Waals surface area (Å²) in [4.78, 5) is 37.8.